The first-order chi connectivity index (χ1) is 27.3. The van der Waals surface area contributed by atoms with E-state index in [1.165, 1.54) is 0 Å². The molecule has 1 aromatic carbocycles. The molecule has 9 rings (SSSR count). The maximum Gasteiger partial charge on any atom is 0.328 e. The standard InChI is InChI=1S/C39H40N12O4S/c1-41-30-16-33(51-10-8-25-14-23(17-40)18-43-36(25)51)42-19-29(30)38-47-46-37(56-38)24-2-4-26(5-3-24)44-35(53)21-48-12-13-49-28(20-48)22-55-32-15-27(6-7-31(32)49)50-11-9-34(52)45-39(50)54/h6-8,10,14-16,18-19,24,26,28H,2-5,9,11-13,20-22H2,1H3,(H,41,42)(H,44,53)(H,45,52,54)/t24?,26?,28-/m1/s1. The Hall–Kier alpha value is -6.12. The minimum Gasteiger partial charge on any atom is -0.489 e. The van der Waals surface area contributed by atoms with Crippen LogP contribution >= 0.6 is 11.3 Å². The van der Waals surface area contributed by atoms with E-state index in [0.717, 1.165) is 89.1 Å². The van der Waals surface area contributed by atoms with Crippen LogP contribution in [-0.2, 0) is 9.59 Å². The molecular formula is C39H40N12O4S. The van der Waals surface area contributed by atoms with Gasteiger partial charge in [-0.15, -0.1) is 10.2 Å². The largest absolute Gasteiger partial charge is 0.489 e. The van der Waals surface area contributed by atoms with Crippen LogP contribution in [0.15, 0.2) is 55.0 Å². The summed E-state index contributed by atoms with van der Waals surface area (Å²) < 4.78 is 8.06. The van der Waals surface area contributed by atoms with Crippen LogP contribution in [0.2, 0.25) is 0 Å². The van der Waals surface area contributed by atoms with Gasteiger partial charge in [0, 0.05) is 99.1 Å². The molecule has 16 nitrogen and oxygen atoms in total. The van der Waals surface area contributed by atoms with Gasteiger partial charge in [0.2, 0.25) is 11.8 Å². The molecule has 4 aliphatic rings. The zero-order valence-electron chi connectivity index (χ0n) is 30.8. The molecule has 286 valence electrons. The summed E-state index contributed by atoms with van der Waals surface area (Å²) in [5.74, 6) is 1.50. The third kappa shape index (κ3) is 6.86. The molecule has 3 aliphatic heterocycles. The van der Waals surface area contributed by atoms with E-state index in [0.29, 0.717) is 36.8 Å². The number of urea groups is 1. The van der Waals surface area contributed by atoms with Crippen molar-refractivity contribution in [2.45, 2.75) is 50.1 Å². The van der Waals surface area contributed by atoms with Crippen molar-refractivity contribution in [3.8, 4) is 28.2 Å². The number of hydrogen-bond donors (Lipinski definition) is 3. The lowest BCUT2D eigenvalue weighted by Gasteiger charge is -2.45. The maximum absolute atomic E-state index is 13.2. The fourth-order valence-electron chi connectivity index (χ4n) is 8.24. The van der Waals surface area contributed by atoms with Crippen molar-refractivity contribution in [1.29, 1.82) is 5.26 Å². The van der Waals surface area contributed by atoms with E-state index in [1.54, 1.807) is 22.4 Å². The van der Waals surface area contributed by atoms with Crippen LogP contribution in [0.5, 0.6) is 5.75 Å². The topological polar surface area (TPSA) is 187 Å². The Labute approximate surface area is 326 Å². The second-order valence-electron chi connectivity index (χ2n) is 14.6. The van der Waals surface area contributed by atoms with Gasteiger partial charge in [-0.05, 0) is 49.9 Å². The molecule has 1 atom stereocenters. The quantitative estimate of drug-likeness (QED) is 0.206. The number of pyridine rings is 2. The van der Waals surface area contributed by atoms with Gasteiger partial charge in [-0.25, -0.2) is 14.8 Å². The van der Waals surface area contributed by atoms with E-state index < -0.39 is 6.03 Å². The number of fused-ring (bicyclic) bond motifs is 4. The van der Waals surface area contributed by atoms with Crippen LogP contribution in [0.1, 0.15) is 48.6 Å². The molecule has 5 aromatic rings. The number of carbonyl (C=O) groups is 3. The third-order valence-corrected chi connectivity index (χ3v) is 12.3. The fourth-order valence-corrected chi connectivity index (χ4v) is 9.27. The molecule has 1 saturated carbocycles. The van der Waals surface area contributed by atoms with Gasteiger partial charge in [0.05, 0.1) is 29.4 Å². The number of nitriles is 1. The van der Waals surface area contributed by atoms with Crippen molar-refractivity contribution in [2.75, 3.05) is 61.5 Å². The summed E-state index contributed by atoms with van der Waals surface area (Å²) in [6.07, 6.45) is 9.17. The highest BCUT2D eigenvalue weighted by Crippen LogP contribution is 2.40. The van der Waals surface area contributed by atoms with Crippen LogP contribution in [0, 0.1) is 11.3 Å². The molecule has 3 N–H and O–H groups in total. The van der Waals surface area contributed by atoms with Gasteiger partial charge in [-0.3, -0.25) is 29.3 Å². The van der Waals surface area contributed by atoms with E-state index in [2.05, 4.69) is 47.0 Å². The van der Waals surface area contributed by atoms with Crippen molar-refractivity contribution in [2.24, 2.45) is 0 Å². The minimum atomic E-state index is -0.416. The first-order valence-corrected chi connectivity index (χ1v) is 19.7. The molecule has 1 aliphatic carbocycles. The van der Waals surface area contributed by atoms with Crippen molar-refractivity contribution < 1.29 is 19.1 Å². The Balaban J connectivity index is 0.765. The summed E-state index contributed by atoms with van der Waals surface area (Å²) in [5, 5.41) is 30.0. The maximum atomic E-state index is 13.2. The van der Waals surface area contributed by atoms with Crippen LogP contribution in [-0.4, -0.2) is 106 Å². The summed E-state index contributed by atoms with van der Waals surface area (Å²) in [6.45, 7) is 3.42. The number of ether oxygens (including phenoxy) is 1. The molecular weight excluding hydrogens is 733 g/mol. The van der Waals surface area contributed by atoms with Crippen LogP contribution in [0.3, 0.4) is 0 Å². The zero-order chi connectivity index (χ0) is 38.3. The number of nitrogens with zero attached hydrogens (tertiary/aromatic N) is 9. The molecule has 0 unspecified atom stereocenters. The molecule has 0 radical (unpaired) electrons. The fraction of sp³-hybridized carbons (Fsp3) is 0.385. The lowest BCUT2D eigenvalue weighted by atomic mass is 9.86. The molecule has 56 heavy (non-hydrogen) atoms. The van der Waals surface area contributed by atoms with Gasteiger partial charge in [0.25, 0.3) is 0 Å². The average molecular weight is 773 g/mol. The van der Waals surface area contributed by atoms with Crippen LogP contribution in [0.25, 0.3) is 27.4 Å². The van der Waals surface area contributed by atoms with Gasteiger partial charge in [0.1, 0.15) is 34.9 Å². The van der Waals surface area contributed by atoms with E-state index in [9.17, 15) is 19.6 Å². The molecule has 4 aromatic heterocycles. The first-order valence-electron chi connectivity index (χ1n) is 18.9. The van der Waals surface area contributed by atoms with E-state index in [1.807, 2.05) is 60.4 Å². The summed E-state index contributed by atoms with van der Waals surface area (Å²) in [6, 6.07) is 13.4. The second kappa shape index (κ2) is 14.8. The van der Waals surface area contributed by atoms with Crippen molar-refractivity contribution in [3.63, 3.8) is 0 Å². The second-order valence-corrected chi connectivity index (χ2v) is 15.6. The average Bonchev–Trinajstić information content (AvgIpc) is 3.88. The van der Waals surface area contributed by atoms with E-state index in [-0.39, 0.29) is 36.2 Å². The van der Waals surface area contributed by atoms with Crippen molar-refractivity contribution >= 4 is 57.3 Å². The number of carbonyl (C=O) groups excluding carboxylic acids is 3. The normalized spacial score (nSPS) is 21.1. The minimum absolute atomic E-state index is 0.0475. The monoisotopic (exact) mass is 772 g/mol. The summed E-state index contributed by atoms with van der Waals surface area (Å²) >= 11 is 1.59. The Morgan fingerprint density at radius 3 is 2.75 bits per heavy atom. The Morgan fingerprint density at radius 2 is 1.93 bits per heavy atom. The molecule has 17 heteroatoms. The number of rotatable bonds is 8. The summed E-state index contributed by atoms with van der Waals surface area (Å²) in [5.41, 5.74) is 4.67. The predicted molar refractivity (Wildman–Crippen MR) is 210 cm³/mol. The van der Waals surface area contributed by atoms with Gasteiger partial charge in [0.15, 0.2) is 5.01 Å². The van der Waals surface area contributed by atoms with Gasteiger partial charge in [-0.2, -0.15) is 5.26 Å². The molecule has 3 fully saturated rings. The first kappa shape index (κ1) is 35.6. The molecule has 7 heterocycles. The summed E-state index contributed by atoms with van der Waals surface area (Å²) in [7, 11) is 1.87. The molecule has 0 spiro atoms. The molecule has 2 saturated heterocycles. The smallest absolute Gasteiger partial charge is 0.328 e. The Morgan fingerprint density at radius 1 is 1.05 bits per heavy atom. The number of anilines is 3. The zero-order valence-corrected chi connectivity index (χ0v) is 31.6. The number of nitrogens with one attached hydrogen (secondary N) is 3. The third-order valence-electron chi connectivity index (χ3n) is 11.2. The Bertz CT molecular complexity index is 2380. The number of imide groups is 1. The number of piperazine rings is 1. The molecule has 0 bridgehead atoms. The van der Waals surface area contributed by atoms with Crippen LogP contribution < -0.4 is 30.5 Å². The SMILES string of the molecule is CNc1cc(-n2ccc3cc(C#N)cnc32)ncc1-c1nnc(C2CCC(NC(=O)CN3CCN4c5ccc(N6CCC(=O)NC6=O)cc5OC[C@H]4C3)CC2)s1. The Kier molecular flexibility index (Phi) is 9.43. The lowest BCUT2D eigenvalue weighted by Crippen LogP contribution is -2.58. The van der Waals surface area contributed by atoms with E-state index >= 15 is 0 Å². The number of hydrogen-bond acceptors (Lipinski definition) is 13. The highest BCUT2D eigenvalue weighted by molar-refractivity contribution is 7.14. The number of aromatic nitrogens is 5. The highest BCUT2D eigenvalue weighted by atomic mass is 32.1. The lowest BCUT2D eigenvalue weighted by molar-refractivity contribution is -0.123. The predicted octanol–water partition coefficient (Wildman–Crippen LogP) is 4.02. The summed E-state index contributed by atoms with van der Waals surface area (Å²) in [4.78, 5) is 52.5. The van der Waals surface area contributed by atoms with Gasteiger partial charge in [-0.1, -0.05) is 11.3 Å². The van der Waals surface area contributed by atoms with Crippen molar-refractivity contribution in [1.82, 2.24) is 40.3 Å². The van der Waals surface area contributed by atoms with Crippen molar-refractivity contribution in [3.05, 3.63) is 65.6 Å². The van der Waals surface area contributed by atoms with Gasteiger partial charge < -0.3 is 20.3 Å². The highest BCUT2D eigenvalue weighted by Gasteiger charge is 2.35. The van der Waals surface area contributed by atoms with Crippen LogP contribution in [0.4, 0.5) is 21.9 Å². The number of benzene rings is 1. The van der Waals surface area contributed by atoms with E-state index in [4.69, 9.17) is 9.72 Å². The van der Waals surface area contributed by atoms with Gasteiger partial charge >= 0.3 is 6.03 Å². The number of amides is 4. The molecule has 4 amide bonds.